The van der Waals surface area contributed by atoms with E-state index in [0.29, 0.717) is 24.3 Å². The summed E-state index contributed by atoms with van der Waals surface area (Å²) in [5.41, 5.74) is 3.68. The summed E-state index contributed by atoms with van der Waals surface area (Å²) in [6, 6.07) is 18.0. The SMILES string of the molecule is Cn1c(SCC(=O)c2cn(CCC#N)c3ccccc23)nc2ccccc21. The first kappa shape index (κ1) is 17.4. The first-order valence-electron chi connectivity index (χ1n) is 8.71. The number of para-hydroxylation sites is 3. The lowest BCUT2D eigenvalue weighted by Gasteiger charge is -2.01. The van der Waals surface area contributed by atoms with Crippen molar-refractivity contribution in [1.29, 1.82) is 5.26 Å². The van der Waals surface area contributed by atoms with E-state index in [1.807, 2.05) is 70.9 Å². The Morgan fingerprint density at radius 3 is 2.67 bits per heavy atom. The summed E-state index contributed by atoms with van der Waals surface area (Å²) < 4.78 is 4.01. The Morgan fingerprint density at radius 1 is 1.15 bits per heavy atom. The molecule has 6 heteroatoms. The highest BCUT2D eigenvalue weighted by molar-refractivity contribution is 7.99. The lowest BCUT2D eigenvalue weighted by molar-refractivity contribution is 0.102. The highest BCUT2D eigenvalue weighted by Gasteiger charge is 2.16. The number of hydrogen-bond donors (Lipinski definition) is 0. The third-order valence-corrected chi connectivity index (χ3v) is 5.66. The molecule has 0 fully saturated rings. The minimum Gasteiger partial charge on any atom is -0.346 e. The number of carbonyl (C=O) groups excluding carboxylic acids is 1. The number of ketones is 1. The number of fused-ring (bicyclic) bond motifs is 2. The van der Waals surface area contributed by atoms with Crippen LogP contribution in [0.4, 0.5) is 0 Å². The number of carbonyl (C=O) groups is 1. The molecule has 0 unspecified atom stereocenters. The summed E-state index contributed by atoms with van der Waals surface area (Å²) in [5.74, 6) is 0.391. The predicted octanol–water partition coefficient (Wildman–Crippen LogP) is 4.42. The second-order valence-corrected chi connectivity index (χ2v) is 7.26. The van der Waals surface area contributed by atoms with Crippen molar-refractivity contribution in [3.8, 4) is 6.07 Å². The number of aryl methyl sites for hydroxylation is 2. The molecule has 2 heterocycles. The molecule has 27 heavy (non-hydrogen) atoms. The number of nitrogens with zero attached hydrogens (tertiary/aromatic N) is 4. The van der Waals surface area contributed by atoms with Crippen LogP contribution in [0.15, 0.2) is 59.9 Å². The van der Waals surface area contributed by atoms with Crippen LogP contribution in [0.1, 0.15) is 16.8 Å². The van der Waals surface area contributed by atoms with E-state index in [-0.39, 0.29) is 5.78 Å². The maximum atomic E-state index is 12.9. The number of Topliss-reactive ketones (excluding diaryl/α,β-unsaturated/α-hetero) is 1. The molecular formula is C21H18N4OS. The van der Waals surface area contributed by atoms with E-state index in [2.05, 4.69) is 11.1 Å². The van der Waals surface area contributed by atoms with Crippen LogP contribution in [0.5, 0.6) is 0 Å². The monoisotopic (exact) mass is 374 g/mol. The molecule has 0 N–H and O–H groups in total. The van der Waals surface area contributed by atoms with Crippen molar-refractivity contribution < 1.29 is 4.79 Å². The fraction of sp³-hybridized carbons (Fsp3) is 0.190. The lowest BCUT2D eigenvalue weighted by Crippen LogP contribution is -2.03. The Kier molecular flexibility index (Phi) is 4.69. The number of imidazole rings is 1. The summed E-state index contributed by atoms with van der Waals surface area (Å²) in [5, 5.41) is 10.6. The molecule has 0 saturated carbocycles. The summed E-state index contributed by atoms with van der Waals surface area (Å²) in [7, 11) is 1.97. The van der Waals surface area contributed by atoms with Crippen molar-refractivity contribution in [3.05, 3.63) is 60.3 Å². The number of rotatable bonds is 6. The molecule has 0 bridgehead atoms. The van der Waals surface area contributed by atoms with E-state index < -0.39 is 0 Å². The number of benzene rings is 2. The van der Waals surface area contributed by atoms with Crippen LogP contribution in [0.25, 0.3) is 21.9 Å². The van der Waals surface area contributed by atoms with E-state index in [1.165, 1.54) is 11.8 Å². The van der Waals surface area contributed by atoms with Crippen molar-refractivity contribution >= 4 is 39.5 Å². The van der Waals surface area contributed by atoms with E-state index >= 15 is 0 Å². The number of hydrogen-bond acceptors (Lipinski definition) is 4. The summed E-state index contributed by atoms with van der Waals surface area (Å²) >= 11 is 1.45. The molecule has 134 valence electrons. The van der Waals surface area contributed by atoms with Gasteiger partial charge in [-0.2, -0.15) is 5.26 Å². The Labute approximate surface area is 161 Å². The van der Waals surface area contributed by atoms with Crippen molar-refractivity contribution in [3.63, 3.8) is 0 Å². The number of nitriles is 1. The summed E-state index contributed by atoms with van der Waals surface area (Å²) in [6.07, 6.45) is 2.29. The molecular weight excluding hydrogens is 356 g/mol. The Hall–Kier alpha value is -3.04. The quantitative estimate of drug-likeness (QED) is 0.370. The van der Waals surface area contributed by atoms with Gasteiger partial charge in [-0.3, -0.25) is 4.79 Å². The van der Waals surface area contributed by atoms with Gasteiger partial charge in [-0.05, 0) is 18.2 Å². The third kappa shape index (κ3) is 3.22. The predicted molar refractivity (Wildman–Crippen MR) is 108 cm³/mol. The lowest BCUT2D eigenvalue weighted by atomic mass is 10.1. The van der Waals surface area contributed by atoms with Crippen LogP contribution in [-0.4, -0.2) is 25.7 Å². The molecule has 0 aliphatic rings. The van der Waals surface area contributed by atoms with Crippen molar-refractivity contribution in [2.24, 2.45) is 7.05 Å². The maximum absolute atomic E-state index is 12.9. The normalized spacial score (nSPS) is 11.1. The highest BCUT2D eigenvalue weighted by Crippen LogP contribution is 2.26. The zero-order chi connectivity index (χ0) is 18.8. The standard InChI is InChI=1S/C21H18N4OS/c1-24-19-10-5-3-8-17(19)23-21(24)27-14-20(26)16-13-25(12-6-11-22)18-9-4-2-7-15(16)18/h2-5,7-10,13H,6,12,14H2,1H3. The van der Waals surface area contributed by atoms with Gasteiger partial charge in [0, 0.05) is 36.3 Å². The van der Waals surface area contributed by atoms with Gasteiger partial charge in [-0.25, -0.2) is 4.98 Å². The Morgan fingerprint density at radius 2 is 1.89 bits per heavy atom. The molecule has 4 rings (SSSR count). The fourth-order valence-electron chi connectivity index (χ4n) is 3.28. The molecule has 5 nitrogen and oxygen atoms in total. The largest absolute Gasteiger partial charge is 0.346 e. The van der Waals surface area contributed by atoms with Gasteiger partial charge in [0.15, 0.2) is 10.9 Å². The van der Waals surface area contributed by atoms with E-state index in [4.69, 9.17) is 5.26 Å². The Bertz CT molecular complexity index is 1180. The second-order valence-electron chi connectivity index (χ2n) is 6.32. The highest BCUT2D eigenvalue weighted by atomic mass is 32.2. The van der Waals surface area contributed by atoms with Crippen LogP contribution < -0.4 is 0 Å². The van der Waals surface area contributed by atoms with E-state index in [1.54, 1.807) is 0 Å². The van der Waals surface area contributed by atoms with Crippen LogP contribution in [0.2, 0.25) is 0 Å². The molecule has 0 amide bonds. The van der Waals surface area contributed by atoms with Crippen LogP contribution in [-0.2, 0) is 13.6 Å². The summed E-state index contributed by atoms with van der Waals surface area (Å²) in [4.78, 5) is 17.5. The van der Waals surface area contributed by atoms with Gasteiger partial charge in [0.1, 0.15) is 0 Å². The molecule has 4 aromatic rings. The van der Waals surface area contributed by atoms with Gasteiger partial charge in [0.05, 0.1) is 29.3 Å². The van der Waals surface area contributed by atoms with Crippen LogP contribution in [0, 0.1) is 11.3 Å². The van der Waals surface area contributed by atoms with E-state index in [0.717, 1.165) is 27.1 Å². The first-order valence-corrected chi connectivity index (χ1v) is 9.70. The number of thioether (sulfide) groups is 1. The topological polar surface area (TPSA) is 63.6 Å². The van der Waals surface area contributed by atoms with Gasteiger partial charge in [-0.15, -0.1) is 0 Å². The van der Waals surface area contributed by atoms with Crippen LogP contribution in [0.3, 0.4) is 0 Å². The number of aromatic nitrogens is 3. The minimum atomic E-state index is 0.0685. The molecule has 0 atom stereocenters. The smallest absolute Gasteiger partial charge is 0.175 e. The van der Waals surface area contributed by atoms with Gasteiger partial charge in [-0.1, -0.05) is 42.1 Å². The Balaban J connectivity index is 1.59. The van der Waals surface area contributed by atoms with Crippen molar-refractivity contribution in [1.82, 2.24) is 14.1 Å². The molecule has 2 aromatic carbocycles. The minimum absolute atomic E-state index is 0.0685. The zero-order valence-electron chi connectivity index (χ0n) is 14.9. The first-order chi connectivity index (χ1) is 13.2. The molecule has 2 aromatic heterocycles. The van der Waals surface area contributed by atoms with Gasteiger partial charge in [0.25, 0.3) is 0 Å². The zero-order valence-corrected chi connectivity index (χ0v) is 15.7. The molecule has 0 saturated heterocycles. The van der Waals surface area contributed by atoms with Gasteiger partial charge >= 0.3 is 0 Å². The molecule has 0 aliphatic carbocycles. The third-order valence-electron chi connectivity index (χ3n) is 4.63. The maximum Gasteiger partial charge on any atom is 0.175 e. The van der Waals surface area contributed by atoms with Crippen LogP contribution >= 0.6 is 11.8 Å². The fourth-order valence-corrected chi connectivity index (χ4v) is 4.16. The molecule has 0 radical (unpaired) electrons. The van der Waals surface area contributed by atoms with Crippen molar-refractivity contribution in [2.45, 2.75) is 18.1 Å². The molecule has 0 aliphatic heterocycles. The second kappa shape index (κ2) is 7.29. The summed E-state index contributed by atoms with van der Waals surface area (Å²) in [6.45, 7) is 0.586. The molecule has 0 spiro atoms. The van der Waals surface area contributed by atoms with Crippen molar-refractivity contribution in [2.75, 3.05) is 5.75 Å². The average molecular weight is 374 g/mol. The van der Waals surface area contributed by atoms with Gasteiger partial charge < -0.3 is 9.13 Å². The van der Waals surface area contributed by atoms with E-state index in [9.17, 15) is 4.79 Å². The van der Waals surface area contributed by atoms with Gasteiger partial charge in [0.2, 0.25) is 0 Å². The average Bonchev–Trinajstić information content (AvgIpc) is 3.23.